The van der Waals surface area contributed by atoms with Gasteiger partial charge in [-0.3, -0.25) is 5.10 Å². The second kappa shape index (κ2) is 2.82. The van der Waals surface area contributed by atoms with E-state index in [1.54, 1.807) is 11.2 Å². The Morgan fingerprint density at radius 3 is 3.00 bits per heavy atom. The predicted octanol–water partition coefficient (Wildman–Crippen LogP) is 2.08. The zero-order valence-electron chi connectivity index (χ0n) is 5.06. The highest BCUT2D eigenvalue weighted by Gasteiger charge is 1.91. The minimum Gasteiger partial charge on any atom is -0.278 e. The molecule has 3 heteroatoms. The van der Waals surface area contributed by atoms with Gasteiger partial charge in [0.2, 0.25) is 0 Å². The van der Waals surface area contributed by atoms with Gasteiger partial charge in [-0.25, -0.2) is 0 Å². The first-order valence-corrected chi connectivity index (χ1v) is 3.53. The average Bonchev–Trinajstić information content (AvgIpc) is 2.18. The molecule has 0 amide bonds. The van der Waals surface area contributed by atoms with Crippen LogP contribution in [0.3, 0.4) is 0 Å². The fourth-order valence-electron chi connectivity index (χ4n) is 0.588. The van der Waals surface area contributed by atoms with Crippen LogP contribution >= 0.6 is 15.9 Å². The normalized spacial score (nSPS) is 10.9. The molecule has 1 aromatic rings. The number of H-pyrrole nitrogens is 1. The summed E-state index contributed by atoms with van der Waals surface area (Å²) in [5, 5.41) is 6.68. The first-order valence-electron chi connectivity index (χ1n) is 2.61. The lowest BCUT2D eigenvalue weighted by Gasteiger charge is -1.83. The molecule has 0 aromatic carbocycles. The summed E-state index contributed by atoms with van der Waals surface area (Å²) in [4.78, 5) is 1.80. The van der Waals surface area contributed by atoms with Gasteiger partial charge in [0, 0.05) is 0 Å². The van der Waals surface area contributed by atoms with E-state index in [1.165, 1.54) is 0 Å². The zero-order valence-corrected chi connectivity index (χ0v) is 6.64. The Bertz CT molecular complexity index is 215. The van der Waals surface area contributed by atoms with Gasteiger partial charge in [-0.05, 0) is 23.5 Å². The second-order valence-corrected chi connectivity index (χ2v) is 2.29. The van der Waals surface area contributed by atoms with Crippen LogP contribution < -0.4 is 0 Å². The number of rotatable bonds is 1. The second-order valence-electron chi connectivity index (χ2n) is 1.76. The highest BCUT2D eigenvalue weighted by molar-refractivity contribution is 9.11. The van der Waals surface area contributed by atoms with Crippen LogP contribution in [0.4, 0.5) is 0 Å². The Morgan fingerprint density at radius 1 is 1.78 bits per heavy atom. The minimum atomic E-state index is 1.05. The third-order valence-corrected chi connectivity index (χ3v) is 1.36. The molecule has 0 radical (unpaired) electrons. The van der Waals surface area contributed by atoms with Crippen molar-refractivity contribution in [2.24, 2.45) is 0 Å². The first kappa shape index (κ1) is 6.55. The summed E-state index contributed by atoms with van der Waals surface area (Å²) >= 11 is 3.18. The van der Waals surface area contributed by atoms with E-state index in [0.29, 0.717) is 0 Å². The summed E-state index contributed by atoms with van der Waals surface area (Å²) in [6, 6.07) is 0. The maximum absolute atomic E-state index is 3.84. The molecule has 0 aliphatic rings. The molecule has 0 saturated heterocycles. The van der Waals surface area contributed by atoms with Crippen LogP contribution in [0.15, 0.2) is 11.2 Å². The third-order valence-electron chi connectivity index (χ3n) is 1.10. The van der Waals surface area contributed by atoms with Crippen LogP contribution in [-0.4, -0.2) is 10.2 Å². The number of nitrogens with zero attached hydrogens (tertiary/aromatic N) is 1. The number of aromatic amines is 1. The molecular formula is C6H7BrN2. The maximum Gasteiger partial charge on any atom is 0.0612 e. The van der Waals surface area contributed by atoms with Gasteiger partial charge in [-0.2, -0.15) is 5.10 Å². The lowest BCUT2D eigenvalue weighted by atomic mass is 10.3. The molecule has 0 bridgehead atoms. The van der Waals surface area contributed by atoms with E-state index in [-0.39, 0.29) is 0 Å². The maximum atomic E-state index is 3.84. The van der Waals surface area contributed by atoms with Gasteiger partial charge in [0.25, 0.3) is 0 Å². The number of nitrogens with one attached hydrogen (secondary N) is 1. The summed E-state index contributed by atoms with van der Waals surface area (Å²) in [5.74, 6) is 0. The number of aryl methyl sites for hydroxylation is 1. The summed E-state index contributed by atoms with van der Waals surface area (Å²) in [7, 11) is 0. The highest BCUT2D eigenvalue weighted by atomic mass is 79.9. The minimum absolute atomic E-state index is 1.05. The van der Waals surface area contributed by atoms with Gasteiger partial charge in [0.1, 0.15) is 0 Å². The van der Waals surface area contributed by atoms with Crippen molar-refractivity contribution in [1.82, 2.24) is 10.2 Å². The van der Waals surface area contributed by atoms with E-state index in [9.17, 15) is 0 Å². The molecule has 1 aromatic heterocycles. The van der Waals surface area contributed by atoms with Crippen molar-refractivity contribution >= 4 is 22.0 Å². The topological polar surface area (TPSA) is 28.7 Å². The zero-order chi connectivity index (χ0) is 6.69. The van der Waals surface area contributed by atoms with Gasteiger partial charge >= 0.3 is 0 Å². The highest BCUT2D eigenvalue weighted by Crippen LogP contribution is 2.04. The molecule has 0 aliphatic heterocycles. The van der Waals surface area contributed by atoms with E-state index in [0.717, 1.165) is 11.3 Å². The Kier molecular flexibility index (Phi) is 2.05. The fraction of sp³-hybridized carbons (Fsp3) is 0.167. The van der Waals surface area contributed by atoms with Crippen LogP contribution in [0, 0.1) is 6.92 Å². The van der Waals surface area contributed by atoms with Gasteiger partial charge in [0.05, 0.1) is 11.9 Å². The van der Waals surface area contributed by atoms with Crippen LogP contribution in [0.5, 0.6) is 0 Å². The molecule has 1 heterocycles. The van der Waals surface area contributed by atoms with E-state index in [4.69, 9.17) is 0 Å². The molecule has 2 nitrogen and oxygen atoms in total. The van der Waals surface area contributed by atoms with Crippen LogP contribution in [0.2, 0.25) is 0 Å². The SMILES string of the molecule is Cc1cn[nH]c1/C=C/Br. The quantitative estimate of drug-likeness (QED) is 0.716. The van der Waals surface area contributed by atoms with Crippen molar-refractivity contribution < 1.29 is 0 Å². The lowest BCUT2D eigenvalue weighted by molar-refractivity contribution is 1.08. The van der Waals surface area contributed by atoms with Crippen molar-refractivity contribution in [3.8, 4) is 0 Å². The predicted molar refractivity (Wildman–Crippen MR) is 41.3 cm³/mol. The Hall–Kier alpha value is -0.570. The number of aromatic nitrogens is 2. The van der Waals surface area contributed by atoms with E-state index >= 15 is 0 Å². The van der Waals surface area contributed by atoms with Crippen molar-refractivity contribution in [2.45, 2.75) is 6.92 Å². The first-order chi connectivity index (χ1) is 4.34. The van der Waals surface area contributed by atoms with Gasteiger partial charge < -0.3 is 0 Å². The molecule has 0 spiro atoms. The third kappa shape index (κ3) is 1.42. The Labute approximate surface area is 62.1 Å². The van der Waals surface area contributed by atoms with Gasteiger partial charge in [-0.1, -0.05) is 15.9 Å². The molecule has 0 atom stereocenters. The standard InChI is InChI=1S/C6H7BrN2/c1-5-4-8-9-6(5)2-3-7/h2-4H,1H3,(H,8,9)/b3-2+. The van der Waals surface area contributed by atoms with Crippen molar-refractivity contribution in [3.05, 3.63) is 22.4 Å². The molecule has 1 rings (SSSR count). The van der Waals surface area contributed by atoms with E-state index in [2.05, 4.69) is 26.1 Å². The number of halogens is 1. The molecule has 0 aliphatic carbocycles. The lowest BCUT2D eigenvalue weighted by Crippen LogP contribution is -1.72. The average molecular weight is 187 g/mol. The van der Waals surface area contributed by atoms with E-state index < -0.39 is 0 Å². The molecule has 0 saturated carbocycles. The van der Waals surface area contributed by atoms with Gasteiger partial charge in [-0.15, -0.1) is 0 Å². The smallest absolute Gasteiger partial charge is 0.0612 e. The van der Waals surface area contributed by atoms with Crippen molar-refractivity contribution in [3.63, 3.8) is 0 Å². The summed E-state index contributed by atoms with van der Waals surface area (Å²) < 4.78 is 0. The van der Waals surface area contributed by atoms with Gasteiger partial charge in [0.15, 0.2) is 0 Å². The van der Waals surface area contributed by atoms with Crippen LogP contribution in [-0.2, 0) is 0 Å². The van der Waals surface area contributed by atoms with Crippen LogP contribution in [0.25, 0.3) is 6.08 Å². The van der Waals surface area contributed by atoms with Crippen molar-refractivity contribution in [1.29, 1.82) is 0 Å². The number of hydrogen-bond acceptors (Lipinski definition) is 1. The summed E-state index contributed by atoms with van der Waals surface area (Å²) in [5.41, 5.74) is 2.21. The van der Waals surface area contributed by atoms with Crippen molar-refractivity contribution in [2.75, 3.05) is 0 Å². The molecular weight excluding hydrogens is 180 g/mol. The van der Waals surface area contributed by atoms with E-state index in [1.807, 2.05) is 13.0 Å². The Morgan fingerprint density at radius 2 is 2.56 bits per heavy atom. The van der Waals surface area contributed by atoms with Crippen LogP contribution in [0.1, 0.15) is 11.3 Å². The fourth-order valence-corrected chi connectivity index (χ4v) is 0.852. The Balaban J connectivity index is 2.94. The number of hydrogen-bond donors (Lipinski definition) is 1. The largest absolute Gasteiger partial charge is 0.278 e. The molecule has 0 fully saturated rings. The molecule has 1 N–H and O–H groups in total. The molecule has 9 heavy (non-hydrogen) atoms. The molecule has 0 unspecified atom stereocenters. The summed E-state index contributed by atoms with van der Waals surface area (Å²) in [6.45, 7) is 2.01. The monoisotopic (exact) mass is 186 g/mol. The molecule has 48 valence electrons. The summed E-state index contributed by atoms with van der Waals surface area (Å²) in [6.07, 6.45) is 3.71.